The van der Waals surface area contributed by atoms with Gasteiger partial charge in [-0.2, -0.15) is 9.78 Å². The third-order valence-electron chi connectivity index (χ3n) is 6.69. The van der Waals surface area contributed by atoms with E-state index in [1.807, 2.05) is 37.3 Å². The fourth-order valence-corrected chi connectivity index (χ4v) is 5.03. The van der Waals surface area contributed by atoms with Crippen molar-refractivity contribution in [1.29, 1.82) is 0 Å². The maximum Gasteiger partial charge on any atom is 0.226 e. The summed E-state index contributed by atoms with van der Waals surface area (Å²) < 4.78 is 13.4. The molecule has 2 aromatic heterocycles. The van der Waals surface area contributed by atoms with Gasteiger partial charge in [-0.1, -0.05) is 19.1 Å². The van der Waals surface area contributed by atoms with E-state index in [2.05, 4.69) is 27.3 Å². The third kappa shape index (κ3) is 4.42. The topological polar surface area (TPSA) is 94.4 Å². The fourth-order valence-electron chi connectivity index (χ4n) is 5.03. The number of aryl methyl sites for hydroxylation is 1. The van der Waals surface area contributed by atoms with Crippen LogP contribution in [0.25, 0.3) is 5.82 Å². The molecule has 0 radical (unpaired) electrons. The average molecular weight is 477 g/mol. The number of fused-ring (bicyclic) bond motifs is 1. The first-order valence-electron chi connectivity index (χ1n) is 12.4. The van der Waals surface area contributed by atoms with Crippen LogP contribution in [0.3, 0.4) is 0 Å². The standard InChI is InChI=1S/C26H32N6O3/c1-4-15-35-25-18(9-8-10-20(25)34-3)19-16-23(33)27-26-24(19)17(2)30-32(26)22-12-11-21(28-29-22)31-13-6-5-7-14-31/h8-12,19H,4-7,13-16H2,1-3H3,(H,27,33)/t19-/m1/s1. The van der Waals surface area contributed by atoms with Gasteiger partial charge in [-0.05, 0) is 50.8 Å². The van der Waals surface area contributed by atoms with Gasteiger partial charge in [-0.25, -0.2) is 0 Å². The largest absolute Gasteiger partial charge is 0.493 e. The third-order valence-corrected chi connectivity index (χ3v) is 6.69. The summed E-state index contributed by atoms with van der Waals surface area (Å²) in [6.07, 6.45) is 4.79. The predicted octanol–water partition coefficient (Wildman–Crippen LogP) is 4.23. The van der Waals surface area contributed by atoms with Gasteiger partial charge in [0.25, 0.3) is 0 Å². The monoisotopic (exact) mass is 476 g/mol. The molecule has 0 saturated carbocycles. The smallest absolute Gasteiger partial charge is 0.226 e. The number of rotatable bonds is 7. The van der Waals surface area contributed by atoms with Crippen LogP contribution in [-0.4, -0.2) is 52.7 Å². The molecule has 5 rings (SSSR count). The van der Waals surface area contributed by atoms with Crippen molar-refractivity contribution >= 4 is 17.5 Å². The van der Waals surface area contributed by atoms with Crippen molar-refractivity contribution in [2.24, 2.45) is 0 Å². The molecule has 9 nitrogen and oxygen atoms in total. The van der Waals surface area contributed by atoms with Crippen LogP contribution in [0, 0.1) is 6.92 Å². The number of carbonyl (C=O) groups is 1. The first kappa shape index (κ1) is 23.1. The number of anilines is 2. The van der Waals surface area contributed by atoms with E-state index in [1.165, 1.54) is 19.3 Å². The van der Waals surface area contributed by atoms with Crippen LogP contribution in [0.4, 0.5) is 11.6 Å². The van der Waals surface area contributed by atoms with Crippen LogP contribution in [0.15, 0.2) is 30.3 Å². The summed E-state index contributed by atoms with van der Waals surface area (Å²) in [7, 11) is 1.63. The Morgan fingerprint density at radius 3 is 2.57 bits per heavy atom. The number of nitrogens with zero attached hydrogens (tertiary/aromatic N) is 5. The Balaban J connectivity index is 1.54. The van der Waals surface area contributed by atoms with Crippen molar-refractivity contribution in [1.82, 2.24) is 20.0 Å². The molecule has 2 aliphatic heterocycles. The summed E-state index contributed by atoms with van der Waals surface area (Å²) in [5.74, 6) is 3.13. The van der Waals surface area contributed by atoms with E-state index >= 15 is 0 Å². The second-order valence-corrected chi connectivity index (χ2v) is 9.09. The summed E-state index contributed by atoms with van der Waals surface area (Å²) >= 11 is 0. The zero-order valence-electron chi connectivity index (χ0n) is 20.6. The summed E-state index contributed by atoms with van der Waals surface area (Å²) in [6, 6.07) is 9.72. The maximum absolute atomic E-state index is 12.9. The lowest BCUT2D eigenvalue weighted by Gasteiger charge is -2.27. The number of benzene rings is 1. The number of amides is 1. The summed E-state index contributed by atoms with van der Waals surface area (Å²) in [6.45, 7) is 6.60. The number of para-hydroxylation sites is 1. The number of ether oxygens (including phenoxy) is 2. The van der Waals surface area contributed by atoms with Crippen LogP contribution < -0.4 is 19.7 Å². The Morgan fingerprint density at radius 2 is 1.86 bits per heavy atom. The minimum Gasteiger partial charge on any atom is -0.493 e. The Bertz CT molecular complexity index is 1200. The molecule has 0 bridgehead atoms. The van der Waals surface area contributed by atoms with Gasteiger partial charge in [0.2, 0.25) is 5.91 Å². The molecule has 0 unspecified atom stereocenters. The lowest BCUT2D eigenvalue weighted by atomic mass is 9.85. The average Bonchev–Trinajstić information content (AvgIpc) is 3.23. The second-order valence-electron chi connectivity index (χ2n) is 9.09. The highest BCUT2D eigenvalue weighted by Gasteiger charge is 2.35. The van der Waals surface area contributed by atoms with Gasteiger partial charge in [0.1, 0.15) is 5.82 Å². The highest BCUT2D eigenvalue weighted by molar-refractivity contribution is 5.95. The van der Waals surface area contributed by atoms with Crippen LogP contribution in [0.2, 0.25) is 0 Å². The number of piperidine rings is 1. The van der Waals surface area contributed by atoms with Crippen molar-refractivity contribution in [3.63, 3.8) is 0 Å². The molecule has 1 fully saturated rings. The molecule has 35 heavy (non-hydrogen) atoms. The highest BCUT2D eigenvalue weighted by atomic mass is 16.5. The van der Waals surface area contributed by atoms with Crippen molar-refractivity contribution in [3.8, 4) is 17.3 Å². The molecule has 1 aromatic carbocycles. The Labute approximate surface area is 205 Å². The van der Waals surface area contributed by atoms with E-state index in [9.17, 15) is 4.79 Å². The van der Waals surface area contributed by atoms with Crippen LogP contribution in [0.5, 0.6) is 11.5 Å². The lowest BCUT2D eigenvalue weighted by Crippen LogP contribution is -2.30. The van der Waals surface area contributed by atoms with E-state index in [0.717, 1.165) is 42.1 Å². The van der Waals surface area contributed by atoms with E-state index in [4.69, 9.17) is 14.6 Å². The molecule has 184 valence electrons. The molecule has 4 heterocycles. The molecule has 2 aliphatic rings. The molecular formula is C26H32N6O3. The van der Waals surface area contributed by atoms with Gasteiger partial charge in [-0.15, -0.1) is 10.2 Å². The van der Waals surface area contributed by atoms with Crippen molar-refractivity contribution < 1.29 is 14.3 Å². The minimum atomic E-state index is -0.213. The van der Waals surface area contributed by atoms with Gasteiger partial charge in [0.05, 0.1) is 19.4 Å². The van der Waals surface area contributed by atoms with Gasteiger partial charge in [0, 0.05) is 36.6 Å². The minimum absolute atomic E-state index is 0.0780. The number of hydrogen-bond donors (Lipinski definition) is 1. The maximum atomic E-state index is 12.9. The highest BCUT2D eigenvalue weighted by Crippen LogP contribution is 2.45. The van der Waals surface area contributed by atoms with E-state index in [-0.39, 0.29) is 11.8 Å². The van der Waals surface area contributed by atoms with Crippen LogP contribution in [-0.2, 0) is 4.79 Å². The molecule has 1 saturated heterocycles. The van der Waals surface area contributed by atoms with E-state index in [1.54, 1.807) is 11.8 Å². The zero-order chi connectivity index (χ0) is 24.4. The second kappa shape index (κ2) is 9.93. The summed E-state index contributed by atoms with van der Waals surface area (Å²) in [5.41, 5.74) is 2.71. The molecule has 1 amide bonds. The predicted molar refractivity (Wildman–Crippen MR) is 134 cm³/mol. The quantitative estimate of drug-likeness (QED) is 0.545. The molecule has 0 spiro atoms. The number of aromatic nitrogens is 4. The Morgan fingerprint density at radius 1 is 1.09 bits per heavy atom. The molecular weight excluding hydrogens is 444 g/mol. The normalized spacial score (nSPS) is 17.6. The Kier molecular flexibility index (Phi) is 6.57. The molecule has 1 atom stereocenters. The van der Waals surface area contributed by atoms with Gasteiger partial charge >= 0.3 is 0 Å². The van der Waals surface area contributed by atoms with Crippen LogP contribution in [0.1, 0.15) is 61.8 Å². The lowest BCUT2D eigenvalue weighted by molar-refractivity contribution is -0.116. The number of hydrogen-bond acceptors (Lipinski definition) is 7. The van der Waals surface area contributed by atoms with E-state index < -0.39 is 0 Å². The number of carbonyl (C=O) groups excluding carboxylic acids is 1. The molecule has 9 heteroatoms. The molecule has 3 aromatic rings. The van der Waals surface area contributed by atoms with Gasteiger partial charge in [-0.3, -0.25) is 4.79 Å². The molecule has 0 aliphatic carbocycles. The summed E-state index contributed by atoms with van der Waals surface area (Å²) in [5, 5.41) is 16.7. The Hall–Kier alpha value is -3.62. The van der Waals surface area contributed by atoms with Gasteiger partial charge in [0.15, 0.2) is 23.1 Å². The molecule has 1 N–H and O–H groups in total. The van der Waals surface area contributed by atoms with Crippen LogP contribution >= 0.6 is 0 Å². The van der Waals surface area contributed by atoms with Crippen molar-refractivity contribution in [3.05, 3.63) is 47.2 Å². The number of nitrogens with one attached hydrogen (secondary N) is 1. The first-order valence-corrected chi connectivity index (χ1v) is 12.4. The number of methoxy groups -OCH3 is 1. The summed E-state index contributed by atoms with van der Waals surface area (Å²) in [4.78, 5) is 15.1. The fraction of sp³-hybridized carbons (Fsp3) is 0.462. The zero-order valence-corrected chi connectivity index (χ0v) is 20.6. The van der Waals surface area contributed by atoms with Crippen molar-refractivity contribution in [2.75, 3.05) is 37.0 Å². The first-order chi connectivity index (χ1) is 17.1. The van der Waals surface area contributed by atoms with Crippen molar-refractivity contribution in [2.45, 2.75) is 51.9 Å². The van der Waals surface area contributed by atoms with Gasteiger partial charge < -0.3 is 19.7 Å². The van der Waals surface area contributed by atoms with E-state index in [0.29, 0.717) is 36.2 Å². The SMILES string of the molecule is CCCOc1c(OC)cccc1[C@H]1CC(=O)Nc2c1c(C)nn2-c1ccc(N2CCCCC2)nn1.